The summed E-state index contributed by atoms with van der Waals surface area (Å²) in [6.07, 6.45) is -7.91. The zero-order chi connectivity index (χ0) is 44.9. The van der Waals surface area contributed by atoms with Crippen LogP contribution in [0.15, 0.2) is 108 Å². The monoisotopic (exact) mass is 989 g/mol. The summed E-state index contributed by atoms with van der Waals surface area (Å²) in [7, 11) is -1.69. The van der Waals surface area contributed by atoms with Crippen molar-refractivity contribution in [2.45, 2.75) is 70.5 Å². The maximum absolute atomic E-state index is 14.4. The lowest BCUT2D eigenvalue weighted by atomic mass is 9.69. The molecular formula is C47H46F6INO6Si. The van der Waals surface area contributed by atoms with Gasteiger partial charge in [0, 0.05) is 5.92 Å². The van der Waals surface area contributed by atoms with E-state index in [1.807, 2.05) is 102 Å². The molecule has 2 fully saturated rings. The maximum atomic E-state index is 14.4. The van der Waals surface area contributed by atoms with Crippen LogP contribution in [0, 0.1) is 21.3 Å². The van der Waals surface area contributed by atoms with E-state index in [4.69, 9.17) is 13.9 Å². The number of hydrogen-bond acceptors (Lipinski definition) is 6. The third-order valence-corrected chi connectivity index (χ3v) is 18.0. The minimum atomic E-state index is -5.18. The van der Waals surface area contributed by atoms with E-state index in [0.29, 0.717) is 39.2 Å². The van der Waals surface area contributed by atoms with Gasteiger partial charge in [0.2, 0.25) is 11.8 Å². The quantitative estimate of drug-likeness (QED) is 0.0530. The summed E-state index contributed by atoms with van der Waals surface area (Å²) < 4.78 is 104. The molecule has 328 valence electrons. The number of halogens is 7. The number of phenols is 1. The maximum Gasteiger partial charge on any atom is 0.416 e. The number of aromatic hydroxyl groups is 1. The number of rotatable bonds is 11. The molecule has 1 N–H and O–H groups in total. The van der Waals surface area contributed by atoms with Crippen molar-refractivity contribution in [2.75, 3.05) is 25.2 Å². The van der Waals surface area contributed by atoms with Crippen LogP contribution in [0.4, 0.5) is 32.0 Å². The van der Waals surface area contributed by atoms with Crippen LogP contribution in [0.1, 0.15) is 63.6 Å². The number of methoxy groups -OCH3 is 1. The van der Waals surface area contributed by atoms with E-state index in [2.05, 4.69) is 20.8 Å². The van der Waals surface area contributed by atoms with E-state index >= 15 is 0 Å². The topological polar surface area (TPSA) is 85.3 Å². The number of phenolic OH excluding ortho intramolecular Hbond substituents is 1. The first-order valence-corrected chi connectivity index (χ1v) is 23.1. The number of fused-ring (bicyclic) bond motifs is 3. The lowest BCUT2D eigenvalue weighted by Gasteiger charge is -2.44. The molecule has 4 aromatic carbocycles. The van der Waals surface area contributed by atoms with Gasteiger partial charge < -0.3 is 19.0 Å². The van der Waals surface area contributed by atoms with Crippen molar-refractivity contribution >= 4 is 64.9 Å². The van der Waals surface area contributed by atoms with Crippen LogP contribution in [0.2, 0.25) is 5.04 Å². The largest absolute Gasteiger partial charge is 0.504 e. The molecule has 2 saturated heterocycles. The molecule has 3 aliphatic rings. The zero-order valence-electron chi connectivity index (χ0n) is 34.7. The molecule has 0 unspecified atom stereocenters. The number of hydrogen-bond donors (Lipinski definition) is 1. The summed E-state index contributed by atoms with van der Waals surface area (Å²) in [6, 6.07) is 24.3. The van der Waals surface area contributed by atoms with Crippen LogP contribution in [-0.2, 0) is 31.1 Å². The van der Waals surface area contributed by atoms with Crippen molar-refractivity contribution in [1.29, 1.82) is 0 Å². The van der Waals surface area contributed by atoms with E-state index in [1.54, 1.807) is 6.07 Å². The highest BCUT2D eigenvalue weighted by atomic mass is 127. The number of benzene rings is 4. The highest BCUT2D eigenvalue weighted by Gasteiger charge is 2.58. The SMILES string of the molecule is COc1cc(/C=C(\C)CC[C@H]2OC[C@H]3C2=C(CO[Si](c2ccccc2)(c2ccccc2)C(C)(C)C)C[C@H]2C(=O)N(c4cc(C(F)(F)F)cc(C(F)(F)F)c4)C(=O)[C@H]23)cc(I)c1O. The fourth-order valence-electron chi connectivity index (χ4n) is 9.43. The zero-order valence-corrected chi connectivity index (χ0v) is 37.8. The predicted octanol–water partition coefficient (Wildman–Crippen LogP) is 10.3. The third-order valence-electron chi connectivity index (χ3n) is 12.2. The molecule has 4 aromatic rings. The highest BCUT2D eigenvalue weighted by molar-refractivity contribution is 14.1. The van der Waals surface area contributed by atoms with Crippen LogP contribution in [0.5, 0.6) is 11.5 Å². The molecule has 15 heteroatoms. The summed E-state index contributed by atoms with van der Waals surface area (Å²) >= 11 is 2.03. The van der Waals surface area contributed by atoms with E-state index in [-0.39, 0.29) is 31.5 Å². The number of ether oxygens (including phenoxy) is 2. The summed E-state index contributed by atoms with van der Waals surface area (Å²) in [5.41, 5.74) is -0.726. The molecule has 2 heterocycles. The Morgan fingerprint density at radius 3 is 1.98 bits per heavy atom. The van der Waals surface area contributed by atoms with Gasteiger partial charge in [-0.05, 0) is 111 Å². The second-order valence-electron chi connectivity index (χ2n) is 17.1. The highest BCUT2D eigenvalue weighted by Crippen LogP contribution is 2.52. The second-order valence-corrected chi connectivity index (χ2v) is 22.6. The molecular weight excluding hydrogens is 943 g/mol. The lowest BCUT2D eigenvalue weighted by Crippen LogP contribution is -2.66. The van der Waals surface area contributed by atoms with Crippen LogP contribution in [-0.4, -0.2) is 51.7 Å². The molecule has 7 nitrogen and oxygen atoms in total. The van der Waals surface area contributed by atoms with Gasteiger partial charge in [0.15, 0.2) is 11.5 Å². The van der Waals surface area contributed by atoms with Gasteiger partial charge in [-0.1, -0.05) is 93.1 Å². The average molecular weight is 990 g/mol. The van der Waals surface area contributed by atoms with Gasteiger partial charge in [-0.3, -0.25) is 9.59 Å². The van der Waals surface area contributed by atoms with Crippen molar-refractivity contribution in [1.82, 2.24) is 0 Å². The lowest BCUT2D eigenvalue weighted by molar-refractivity contribution is -0.143. The molecule has 0 bridgehead atoms. The fraction of sp³-hybridized carbons (Fsp3) is 0.362. The number of anilines is 1. The molecule has 1 aliphatic carbocycles. The minimum absolute atomic E-state index is 0.00128. The molecule has 2 aliphatic heterocycles. The summed E-state index contributed by atoms with van der Waals surface area (Å²) in [6.45, 7) is 8.39. The van der Waals surface area contributed by atoms with E-state index in [9.17, 15) is 41.0 Å². The summed E-state index contributed by atoms with van der Waals surface area (Å²) in [4.78, 5) is 29.3. The van der Waals surface area contributed by atoms with E-state index in [1.165, 1.54) is 7.11 Å². The molecule has 62 heavy (non-hydrogen) atoms. The summed E-state index contributed by atoms with van der Waals surface area (Å²) in [5, 5.41) is 12.0. The van der Waals surface area contributed by atoms with Crippen molar-refractivity contribution in [2.24, 2.45) is 17.8 Å². The molecule has 0 saturated carbocycles. The third kappa shape index (κ3) is 8.61. The Bertz CT molecular complexity index is 2340. The van der Waals surface area contributed by atoms with Crippen LogP contribution in [0.25, 0.3) is 6.08 Å². The van der Waals surface area contributed by atoms with Crippen molar-refractivity contribution in [3.63, 3.8) is 0 Å². The molecule has 0 aromatic heterocycles. The number of carbonyl (C=O) groups is 2. The smallest absolute Gasteiger partial charge is 0.416 e. The average Bonchev–Trinajstić information content (AvgIpc) is 3.75. The van der Waals surface area contributed by atoms with Gasteiger partial charge >= 0.3 is 12.4 Å². The fourth-order valence-corrected chi connectivity index (χ4v) is 14.6. The Labute approximate surface area is 371 Å². The van der Waals surface area contributed by atoms with Crippen LogP contribution >= 0.6 is 22.6 Å². The molecule has 2 amide bonds. The van der Waals surface area contributed by atoms with E-state index < -0.39 is 78.2 Å². The molecule has 7 rings (SSSR count). The normalized spacial score (nSPS) is 21.1. The summed E-state index contributed by atoms with van der Waals surface area (Å²) in [5.74, 6) is -4.20. The van der Waals surface area contributed by atoms with Crippen LogP contribution < -0.4 is 20.0 Å². The minimum Gasteiger partial charge on any atom is -0.504 e. The number of carbonyl (C=O) groups excluding carboxylic acids is 2. The predicted molar refractivity (Wildman–Crippen MR) is 235 cm³/mol. The number of amides is 2. The van der Waals surface area contributed by atoms with E-state index in [0.717, 1.165) is 32.7 Å². The Morgan fingerprint density at radius 1 is 0.871 bits per heavy atom. The second kappa shape index (κ2) is 17.3. The van der Waals surface area contributed by atoms with Crippen LogP contribution in [0.3, 0.4) is 0 Å². The molecule has 0 spiro atoms. The first-order valence-electron chi connectivity index (χ1n) is 20.1. The standard InChI is InChI=1S/C47H46F6INO6Si/c1-27(18-28-19-37(54)42(56)39(20-28)59-5)16-17-38-40-29(25-61-62(45(2,3)4,33-12-8-6-9-13-33)34-14-10-7-11-15-34)21-35-41(36(40)26-60-38)44(58)55(43(35)57)32-23-30(46(48,49)50)22-31(24-32)47(51,52)53/h6-15,18-20,22-24,35-36,38,41,56H,16-17,21,25-26H2,1-5H3/b27-18+/t35-,36+,38-,41-/m1/s1. The van der Waals surface area contributed by atoms with Gasteiger partial charge in [0.25, 0.3) is 8.32 Å². The number of imide groups is 1. The Kier molecular flexibility index (Phi) is 12.7. The van der Waals surface area contributed by atoms with Crippen molar-refractivity contribution in [3.05, 3.63) is 128 Å². The number of nitrogens with zero attached hydrogens (tertiary/aromatic N) is 1. The van der Waals surface area contributed by atoms with Gasteiger partial charge in [0.1, 0.15) is 0 Å². The Hall–Kier alpha value is -4.45. The van der Waals surface area contributed by atoms with Crippen molar-refractivity contribution < 1.29 is 54.9 Å². The van der Waals surface area contributed by atoms with Crippen molar-refractivity contribution in [3.8, 4) is 11.5 Å². The number of allylic oxidation sites excluding steroid dienone is 1. The van der Waals surface area contributed by atoms with Gasteiger partial charge in [-0.15, -0.1) is 0 Å². The van der Waals surface area contributed by atoms with Gasteiger partial charge in [0.05, 0.1) is 58.6 Å². The first kappa shape index (κ1) is 45.6. The van der Waals surface area contributed by atoms with Gasteiger partial charge in [-0.25, -0.2) is 4.90 Å². The molecule has 4 atom stereocenters. The number of alkyl halides is 6. The first-order chi connectivity index (χ1) is 29.2. The Morgan fingerprint density at radius 2 is 1.45 bits per heavy atom. The Balaban J connectivity index is 1.29. The molecule has 0 radical (unpaired) electrons. The van der Waals surface area contributed by atoms with Gasteiger partial charge in [-0.2, -0.15) is 26.3 Å².